The van der Waals surface area contributed by atoms with Crippen LogP contribution in [0, 0.1) is 6.92 Å². The molecule has 3 aromatic rings. The van der Waals surface area contributed by atoms with Gasteiger partial charge in [-0.05, 0) is 61.6 Å². The van der Waals surface area contributed by atoms with Crippen molar-refractivity contribution in [2.45, 2.75) is 51.0 Å². The Morgan fingerprint density at radius 2 is 1.86 bits per heavy atom. The Balaban J connectivity index is 1.65. The molecule has 5 heteroatoms. The van der Waals surface area contributed by atoms with Crippen LogP contribution in [0.2, 0.25) is 10.0 Å². The number of nitrogens with one attached hydrogen (secondary N) is 1. The van der Waals surface area contributed by atoms with Crippen LogP contribution in [0.3, 0.4) is 0 Å². The number of halogens is 2. The minimum absolute atomic E-state index is 0.0687. The second-order valence-electron chi connectivity index (χ2n) is 8.02. The average Bonchev–Trinajstić information content (AvgIpc) is 2.72. The minimum Gasteiger partial charge on any atom is -0.346 e. The van der Waals surface area contributed by atoms with Gasteiger partial charge in [0.1, 0.15) is 0 Å². The second-order valence-corrected chi connectivity index (χ2v) is 8.87. The summed E-state index contributed by atoms with van der Waals surface area (Å²) in [5.74, 6) is -0.0687. The molecule has 1 amide bonds. The smallest absolute Gasteiger partial charge is 0.253 e. The SMILES string of the molecule is Cc1c(C(=O)NC2(Cc3cc(Cl)ccc3Cl)CCCCC2)cnc2ccccc12. The van der Waals surface area contributed by atoms with Gasteiger partial charge in [-0.25, -0.2) is 0 Å². The van der Waals surface area contributed by atoms with Crippen molar-refractivity contribution in [2.24, 2.45) is 0 Å². The number of hydrogen-bond donors (Lipinski definition) is 1. The van der Waals surface area contributed by atoms with Gasteiger partial charge in [0.05, 0.1) is 11.1 Å². The summed E-state index contributed by atoms with van der Waals surface area (Å²) in [5.41, 5.74) is 3.15. The Bertz CT molecular complexity index is 1060. The van der Waals surface area contributed by atoms with Gasteiger partial charge in [-0.2, -0.15) is 0 Å². The molecule has 4 rings (SSSR count). The highest BCUT2D eigenvalue weighted by atomic mass is 35.5. The van der Waals surface area contributed by atoms with E-state index in [9.17, 15) is 4.79 Å². The van der Waals surface area contributed by atoms with Gasteiger partial charge in [0.15, 0.2) is 0 Å². The monoisotopic (exact) mass is 426 g/mol. The zero-order valence-corrected chi connectivity index (χ0v) is 18.0. The molecule has 1 aliphatic carbocycles. The number of rotatable bonds is 4. The van der Waals surface area contributed by atoms with Crippen LogP contribution in [0.15, 0.2) is 48.7 Å². The van der Waals surface area contributed by atoms with Crippen molar-refractivity contribution in [2.75, 3.05) is 0 Å². The maximum Gasteiger partial charge on any atom is 0.253 e. The lowest BCUT2D eigenvalue weighted by molar-refractivity contribution is 0.0867. The molecule has 0 bridgehead atoms. The quantitative estimate of drug-likeness (QED) is 0.515. The maximum absolute atomic E-state index is 13.3. The van der Waals surface area contributed by atoms with E-state index in [1.54, 1.807) is 12.3 Å². The predicted molar refractivity (Wildman–Crippen MR) is 120 cm³/mol. The molecule has 0 atom stereocenters. The molecule has 29 heavy (non-hydrogen) atoms. The Kier molecular flexibility index (Phi) is 5.80. The van der Waals surface area contributed by atoms with Crippen LogP contribution >= 0.6 is 23.2 Å². The number of amides is 1. The van der Waals surface area contributed by atoms with E-state index < -0.39 is 0 Å². The summed E-state index contributed by atoms with van der Waals surface area (Å²) in [4.78, 5) is 17.8. The van der Waals surface area contributed by atoms with Crippen molar-refractivity contribution in [3.63, 3.8) is 0 Å². The zero-order valence-electron chi connectivity index (χ0n) is 16.5. The number of aromatic nitrogens is 1. The summed E-state index contributed by atoms with van der Waals surface area (Å²) in [6.45, 7) is 1.99. The normalized spacial score (nSPS) is 16.0. The summed E-state index contributed by atoms with van der Waals surface area (Å²) in [6, 6.07) is 13.4. The molecule has 1 aliphatic rings. The fourth-order valence-corrected chi connectivity index (χ4v) is 4.81. The first-order valence-corrected chi connectivity index (χ1v) is 10.8. The number of fused-ring (bicyclic) bond motifs is 1. The summed E-state index contributed by atoms with van der Waals surface area (Å²) >= 11 is 12.6. The lowest BCUT2D eigenvalue weighted by Crippen LogP contribution is -2.51. The van der Waals surface area contributed by atoms with Gasteiger partial charge in [-0.15, -0.1) is 0 Å². The minimum atomic E-state index is -0.318. The van der Waals surface area contributed by atoms with Gasteiger partial charge >= 0.3 is 0 Å². The molecule has 1 fully saturated rings. The predicted octanol–water partition coefficient (Wildman–Crippen LogP) is 6.53. The maximum atomic E-state index is 13.3. The Labute approximate surface area is 181 Å². The van der Waals surface area contributed by atoms with Gasteiger partial charge in [0.2, 0.25) is 0 Å². The van der Waals surface area contributed by atoms with Crippen molar-refractivity contribution < 1.29 is 4.79 Å². The molecule has 2 aromatic carbocycles. The summed E-state index contributed by atoms with van der Waals surface area (Å²) in [5, 5.41) is 5.73. The van der Waals surface area contributed by atoms with Gasteiger partial charge in [0, 0.05) is 27.2 Å². The second kappa shape index (κ2) is 8.33. The van der Waals surface area contributed by atoms with Crippen LogP contribution < -0.4 is 5.32 Å². The number of carbonyl (C=O) groups is 1. The molecular weight excluding hydrogens is 403 g/mol. The van der Waals surface area contributed by atoms with E-state index in [1.807, 2.05) is 43.3 Å². The standard InChI is InChI=1S/C24H24Cl2N2O/c1-16-19-7-3-4-8-22(19)27-15-20(16)23(29)28-24(11-5-2-6-12-24)14-17-13-18(25)9-10-21(17)26/h3-4,7-10,13,15H,2,5-6,11-12,14H2,1H3,(H,28,29). The van der Waals surface area contributed by atoms with E-state index in [4.69, 9.17) is 23.2 Å². The van der Waals surface area contributed by atoms with E-state index in [-0.39, 0.29) is 11.4 Å². The van der Waals surface area contributed by atoms with Crippen LogP contribution in [0.25, 0.3) is 10.9 Å². The highest BCUT2D eigenvalue weighted by Crippen LogP contribution is 2.34. The van der Waals surface area contributed by atoms with Gasteiger partial charge in [-0.1, -0.05) is 60.7 Å². The fourth-order valence-electron chi connectivity index (χ4n) is 4.43. The first kappa shape index (κ1) is 20.2. The molecule has 150 valence electrons. The average molecular weight is 427 g/mol. The van der Waals surface area contributed by atoms with Gasteiger partial charge in [0.25, 0.3) is 5.91 Å². The molecule has 0 unspecified atom stereocenters. The third-order valence-electron chi connectivity index (χ3n) is 6.02. The molecule has 0 spiro atoms. The molecule has 1 saturated carbocycles. The summed E-state index contributed by atoms with van der Waals surface area (Å²) < 4.78 is 0. The number of aryl methyl sites for hydroxylation is 1. The number of hydrogen-bond acceptors (Lipinski definition) is 2. The topological polar surface area (TPSA) is 42.0 Å². The van der Waals surface area contributed by atoms with E-state index in [0.717, 1.165) is 47.7 Å². The number of pyridine rings is 1. The Morgan fingerprint density at radius 1 is 1.10 bits per heavy atom. The van der Waals surface area contributed by atoms with Crippen molar-refractivity contribution in [1.29, 1.82) is 0 Å². The molecule has 3 nitrogen and oxygen atoms in total. The number of para-hydroxylation sites is 1. The largest absolute Gasteiger partial charge is 0.346 e. The molecule has 1 heterocycles. The van der Waals surface area contributed by atoms with Crippen molar-refractivity contribution in [1.82, 2.24) is 10.3 Å². The number of carbonyl (C=O) groups excluding carboxylic acids is 1. The summed E-state index contributed by atoms with van der Waals surface area (Å²) in [6.07, 6.45) is 7.61. The van der Waals surface area contributed by atoms with E-state index in [0.29, 0.717) is 22.0 Å². The van der Waals surface area contributed by atoms with E-state index in [1.165, 1.54) is 6.42 Å². The van der Waals surface area contributed by atoms with Crippen molar-refractivity contribution >= 4 is 40.0 Å². The Hall–Kier alpha value is -2.10. The molecule has 0 aliphatic heterocycles. The van der Waals surface area contributed by atoms with Crippen molar-refractivity contribution in [3.05, 3.63) is 75.4 Å². The first-order chi connectivity index (χ1) is 14.0. The van der Waals surface area contributed by atoms with Gasteiger partial charge in [-0.3, -0.25) is 9.78 Å². The molecular formula is C24H24Cl2N2O. The molecule has 0 radical (unpaired) electrons. The van der Waals surface area contributed by atoms with Crippen LogP contribution in [0.4, 0.5) is 0 Å². The first-order valence-electron chi connectivity index (χ1n) is 10.1. The third kappa shape index (κ3) is 4.26. The third-order valence-corrected chi connectivity index (χ3v) is 6.62. The lowest BCUT2D eigenvalue weighted by atomic mass is 9.77. The molecule has 1 N–H and O–H groups in total. The zero-order chi connectivity index (χ0) is 20.4. The number of nitrogens with zero attached hydrogens (tertiary/aromatic N) is 1. The highest BCUT2D eigenvalue weighted by Gasteiger charge is 2.35. The highest BCUT2D eigenvalue weighted by molar-refractivity contribution is 6.33. The fraction of sp³-hybridized carbons (Fsp3) is 0.333. The molecule has 1 aromatic heterocycles. The summed E-state index contributed by atoms with van der Waals surface area (Å²) in [7, 11) is 0. The lowest BCUT2D eigenvalue weighted by Gasteiger charge is -2.39. The van der Waals surface area contributed by atoms with Crippen LogP contribution in [-0.2, 0) is 6.42 Å². The van der Waals surface area contributed by atoms with E-state index in [2.05, 4.69) is 10.3 Å². The van der Waals surface area contributed by atoms with Crippen LogP contribution in [-0.4, -0.2) is 16.4 Å². The Morgan fingerprint density at radius 3 is 2.66 bits per heavy atom. The van der Waals surface area contributed by atoms with Crippen LogP contribution in [0.5, 0.6) is 0 Å². The van der Waals surface area contributed by atoms with Crippen LogP contribution in [0.1, 0.15) is 53.6 Å². The molecule has 0 saturated heterocycles. The van der Waals surface area contributed by atoms with Crippen molar-refractivity contribution in [3.8, 4) is 0 Å². The van der Waals surface area contributed by atoms with E-state index >= 15 is 0 Å². The number of benzene rings is 2. The van der Waals surface area contributed by atoms with Gasteiger partial charge < -0.3 is 5.32 Å².